The molecule has 0 aromatic carbocycles. The van der Waals surface area contributed by atoms with E-state index >= 15 is 0 Å². The molecule has 8 heavy (non-hydrogen) atoms. The summed E-state index contributed by atoms with van der Waals surface area (Å²) in [7, 11) is 0. The van der Waals surface area contributed by atoms with Crippen LogP contribution >= 0.6 is 0 Å². The van der Waals surface area contributed by atoms with Gasteiger partial charge in [0.2, 0.25) is 0 Å². The van der Waals surface area contributed by atoms with Crippen LogP contribution in [-0.4, -0.2) is 29.6 Å². The molecule has 0 unspecified atom stereocenters. The van der Waals surface area contributed by atoms with Crippen molar-refractivity contribution >= 4 is 29.6 Å². The largest absolute Gasteiger partial charge is 0 e. The van der Waals surface area contributed by atoms with Crippen LogP contribution in [-0.2, 0) is 13.5 Å². The molecule has 0 aliphatic rings. The Labute approximate surface area is 64.2 Å². The van der Waals surface area contributed by atoms with Crippen molar-refractivity contribution in [2.75, 3.05) is 0 Å². The minimum atomic E-state index is -10.9. The summed E-state index contributed by atoms with van der Waals surface area (Å²) >= 11 is -10.9. The fraction of sp³-hybridized carbons (Fsp3) is 0. The third-order valence-electron chi connectivity index (χ3n) is 0. The van der Waals surface area contributed by atoms with Gasteiger partial charge in [-0.3, -0.25) is 0 Å². The van der Waals surface area contributed by atoms with Crippen molar-refractivity contribution in [2.45, 2.75) is 0 Å². The molecule has 50 valence electrons. The Balaban J connectivity index is 0. The van der Waals surface area contributed by atoms with Crippen molar-refractivity contribution in [3.8, 4) is 0 Å². The Morgan fingerprint density at radius 3 is 0.625 bits per heavy atom. The number of hydrogen-bond acceptors (Lipinski definition) is 0. The van der Waals surface area contributed by atoms with Crippen molar-refractivity contribution in [3.63, 3.8) is 0 Å². The van der Waals surface area contributed by atoms with Crippen LogP contribution < -0.4 is 0 Å². The first-order chi connectivity index (χ1) is 2.45. The van der Waals surface area contributed by atoms with E-state index in [0.29, 0.717) is 0 Å². The van der Waals surface area contributed by atoms with E-state index in [4.69, 9.17) is 0 Å². The van der Waals surface area contributed by atoms with E-state index < -0.39 is 13.5 Å². The number of hydrogen-bond donors (Lipinski definition) is 0. The topological polar surface area (TPSA) is 0 Å². The maximum Gasteiger partial charge on any atom is 0 e. The van der Waals surface area contributed by atoms with Gasteiger partial charge in [0.05, 0.1) is 0 Å². The molecular weight excluding hydrogens is 192 g/mol. The summed E-state index contributed by atoms with van der Waals surface area (Å²) in [5, 5.41) is 0. The van der Waals surface area contributed by atoms with Gasteiger partial charge in [0.25, 0.3) is 0 Å². The van der Waals surface area contributed by atoms with Gasteiger partial charge in [0, 0.05) is 29.6 Å². The van der Waals surface area contributed by atoms with Gasteiger partial charge < -0.3 is 0 Å². The predicted molar refractivity (Wildman–Crippen MR) is 12.4 cm³/mol. The molecule has 0 spiro atoms. The summed E-state index contributed by atoms with van der Waals surface area (Å²) in [4.78, 5) is 0. The van der Waals surface area contributed by atoms with E-state index in [-0.39, 0.29) is 29.6 Å². The Kier molecular flexibility index (Phi) is 2.33. The molecular formula is F6MnNa. The summed E-state index contributed by atoms with van der Waals surface area (Å²) in [6.07, 6.45) is 0. The number of rotatable bonds is 0. The second-order valence-electron chi connectivity index (χ2n) is 0.810. The van der Waals surface area contributed by atoms with Crippen LogP contribution in [0.2, 0.25) is 0 Å². The van der Waals surface area contributed by atoms with Gasteiger partial charge in [-0.1, -0.05) is 0 Å². The maximum atomic E-state index is 9.89. The smallest absolute Gasteiger partial charge is 0 e. The van der Waals surface area contributed by atoms with Gasteiger partial charge in [0.1, 0.15) is 0 Å². The molecule has 0 nitrogen and oxygen atoms in total. The molecule has 0 bridgehead atoms. The fourth-order valence-corrected chi connectivity index (χ4v) is 0. The molecule has 0 N–H and O–H groups in total. The molecule has 0 aliphatic carbocycles. The van der Waals surface area contributed by atoms with Crippen molar-refractivity contribution in [1.29, 1.82) is 0 Å². The van der Waals surface area contributed by atoms with Gasteiger partial charge in [-0.15, -0.1) is 0 Å². The van der Waals surface area contributed by atoms with E-state index in [0.717, 1.165) is 0 Å². The summed E-state index contributed by atoms with van der Waals surface area (Å²) in [5.41, 5.74) is 0. The molecule has 0 amide bonds. The van der Waals surface area contributed by atoms with E-state index in [1.165, 1.54) is 0 Å². The molecule has 8 heteroatoms. The van der Waals surface area contributed by atoms with E-state index in [1.807, 2.05) is 0 Å². The Hall–Kier alpha value is 1.10. The standard InChI is InChI=1S/6FH.Mn.Na/h6*1H;;/q;;;;;;+6;/p-6. The normalized spacial score (nSPS) is 20.2. The van der Waals surface area contributed by atoms with E-state index in [9.17, 15) is 21.3 Å². The van der Waals surface area contributed by atoms with Crippen LogP contribution in [0.5, 0.6) is 0 Å². The molecule has 0 aliphatic heterocycles. The van der Waals surface area contributed by atoms with Crippen molar-refractivity contribution < 1.29 is 34.8 Å². The molecule has 1 radical (unpaired) electrons. The zero-order valence-corrected chi connectivity index (χ0v) is 6.83. The van der Waals surface area contributed by atoms with Gasteiger partial charge in [-0.25, -0.2) is 0 Å². The molecule has 0 fully saturated rings. The summed E-state index contributed by atoms with van der Waals surface area (Å²) < 4.78 is 59.3. The van der Waals surface area contributed by atoms with Crippen LogP contribution in [0.15, 0.2) is 0 Å². The van der Waals surface area contributed by atoms with Crippen LogP contribution in [0.4, 0.5) is 21.3 Å². The first-order valence-electron chi connectivity index (χ1n) is 0.857. The summed E-state index contributed by atoms with van der Waals surface area (Å²) in [6, 6.07) is 0. The molecule has 0 saturated carbocycles. The third-order valence-corrected chi connectivity index (χ3v) is 0. The third kappa shape index (κ3) is 218. The van der Waals surface area contributed by atoms with Crippen molar-refractivity contribution in [1.82, 2.24) is 0 Å². The zero-order valence-electron chi connectivity index (χ0n) is 3.65. The maximum absolute atomic E-state index is 10.9. The van der Waals surface area contributed by atoms with Crippen LogP contribution in [0, 0.1) is 0 Å². The van der Waals surface area contributed by atoms with Gasteiger partial charge in [0.15, 0.2) is 0 Å². The predicted octanol–water partition coefficient (Wildman–Crippen LogP) is 2.14. The second-order valence-corrected chi connectivity index (χ2v) is 3.34. The van der Waals surface area contributed by atoms with E-state index in [1.54, 1.807) is 0 Å². The zero-order chi connectivity index (χ0) is 6.41. The van der Waals surface area contributed by atoms with Gasteiger partial charge in [-0.05, 0) is 0 Å². The molecule has 0 aromatic rings. The SMILES string of the molecule is [F][Mn]([F])([F])([F])([F])[F].[Na]. The molecule has 0 heterocycles. The summed E-state index contributed by atoms with van der Waals surface area (Å²) in [6.45, 7) is 0. The number of halogens is 6. The molecule has 0 atom stereocenters. The average Bonchev–Trinajstić information content (AvgIpc) is 0.592. The minimum Gasteiger partial charge on any atom is 0 e. The molecule has 0 saturated heterocycles. The first kappa shape index (κ1) is 11.8. The Morgan fingerprint density at radius 1 is 0.625 bits per heavy atom. The first-order valence-corrected chi connectivity index (χ1v) is 3.53. The second kappa shape index (κ2) is 1.58. The van der Waals surface area contributed by atoms with Crippen molar-refractivity contribution in [2.24, 2.45) is 0 Å². The minimum absolute atomic E-state index is 0. The monoisotopic (exact) mass is 192 g/mol. The van der Waals surface area contributed by atoms with Crippen LogP contribution in [0.1, 0.15) is 0 Å². The van der Waals surface area contributed by atoms with Crippen molar-refractivity contribution in [3.05, 3.63) is 0 Å². The van der Waals surface area contributed by atoms with E-state index in [2.05, 4.69) is 0 Å². The Morgan fingerprint density at radius 2 is 0.625 bits per heavy atom. The summed E-state index contributed by atoms with van der Waals surface area (Å²) in [5.74, 6) is 0. The van der Waals surface area contributed by atoms with Gasteiger partial charge in [-0.2, -0.15) is 0 Å². The Bertz CT molecular complexity index is 67.1. The molecule has 0 aromatic heterocycles. The van der Waals surface area contributed by atoms with Gasteiger partial charge >= 0.3 is 34.8 Å². The quantitative estimate of drug-likeness (QED) is 0.407. The van der Waals surface area contributed by atoms with Crippen LogP contribution in [0.3, 0.4) is 0 Å². The molecule has 0 rings (SSSR count). The fourth-order valence-electron chi connectivity index (χ4n) is 0. The average molecular weight is 192 g/mol. The van der Waals surface area contributed by atoms with Crippen LogP contribution in [0.25, 0.3) is 0 Å².